The maximum atomic E-state index is 6.03. The minimum atomic E-state index is 0.127. The molecular formula is C19H33NO. The highest BCUT2D eigenvalue weighted by molar-refractivity contribution is 5.25. The molecule has 0 aliphatic carbocycles. The van der Waals surface area contributed by atoms with E-state index >= 15 is 0 Å². The fourth-order valence-corrected chi connectivity index (χ4v) is 2.80. The number of hydrogen-bond donors (Lipinski definition) is 1. The van der Waals surface area contributed by atoms with Gasteiger partial charge in [-0.15, -0.1) is 0 Å². The van der Waals surface area contributed by atoms with Gasteiger partial charge in [0.1, 0.15) is 0 Å². The Balaban J connectivity index is 2.84. The standard InChI is InChI=1S/C19H33NO/c1-8-21-18(19(4,5)6)17(20-7)13-15-9-11-16(12-10-15)14(2)3/h9-12,14,17-18,20H,8,13H2,1-7H3. The van der Waals surface area contributed by atoms with Gasteiger partial charge >= 0.3 is 0 Å². The van der Waals surface area contributed by atoms with Gasteiger partial charge in [0, 0.05) is 12.6 Å². The molecule has 0 bridgehead atoms. The molecule has 0 amide bonds. The first kappa shape index (κ1) is 18.2. The molecular weight excluding hydrogens is 258 g/mol. The molecule has 0 aliphatic heterocycles. The number of ether oxygens (including phenoxy) is 1. The lowest BCUT2D eigenvalue weighted by atomic mass is 9.82. The van der Waals surface area contributed by atoms with Gasteiger partial charge in [-0.2, -0.15) is 0 Å². The molecule has 0 radical (unpaired) electrons. The van der Waals surface area contributed by atoms with E-state index in [1.807, 2.05) is 7.05 Å². The maximum Gasteiger partial charge on any atom is 0.0779 e. The van der Waals surface area contributed by atoms with Crippen LogP contribution in [0.4, 0.5) is 0 Å². The molecule has 0 saturated heterocycles. The predicted octanol–water partition coefficient (Wildman–Crippen LogP) is 4.39. The van der Waals surface area contributed by atoms with Crippen molar-refractivity contribution < 1.29 is 4.74 Å². The molecule has 21 heavy (non-hydrogen) atoms. The van der Waals surface area contributed by atoms with E-state index in [1.165, 1.54) is 11.1 Å². The van der Waals surface area contributed by atoms with Crippen LogP contribution < -0.4 is 5.32 Å². The molecule has 1 rings (SSSR count). The molecule has 2 unspecified atom stereocenters. The van der Waals surface area contributed by atoms with Gasteiger partial charge in [-0.1, -0.05) is 58.9 Å². The highest BCUT2D eigenvalue weighted by atomic mass is 16.5. The lowest BCUT2D eigenvalue weighted by Crippen LogP contribution is -2.48. The van der Waals surface area contributed by atoms with E-state index in [2.05, 4.69) is 71.1 Å². The van der Waals surface area contributed by atoms with Crippen molar-refractivity contribution in [3.8, 4) is 0 Å². The minimum Gasteiger partial charge on any atom is -0.376 e. The van der Waals surface area contributed by atoms with Crippen molar-refractivity contribution in [2.24, 2.45) is 5.41 Å². The number of hydrogen-bond acceptors (Lipinski definition) is 2. The maximum absolute atomic E-state index is 6.03. The molecule has 0 fully saturated rings. The highest BCUT2D eigenvalue weighted by Crippen LogP contribution is 2.27. The molecule has 0 saturated carbocycles. The van der Waals surface area contributed by atoms with Gasteiger partial charge in [0.05, 0.1) is 6.10 Å². The van der Waals surface area contributed by atoms with Crippen LogP contribution in [0.1, 0.15) is 58.6 Å². The van der Waals surface area contributed by atoms with Crippen molar-refractivity contribution >= 4 is 0 Å². The van der Waals surface area contributed by atoms with E-state index in [4.69, 9.17) is 4.74 Å². The Morgan fingerprint density at radius 3 is 2.05 bits per heavy atom. The average Bonchev–Trinajstić information content (AvgIpc) is 2.42. The van der Waals surface area contributed by atoms with E-state index in [0.29, 0.717) is 12.0 Å². The Morgan fingerprint density at radius 2 is 1.67 bits per heavy atom. The Morgan fingerprint density at radius 1 is 1.10 bits per heavy atom. The van der Waals surface area contributed by atoms with E-state index in [-0.39, 0.29) is 11.5 Å². The lowest BCUT2D eigenvalue weighted by Gasteiger charge is -2.37. The van der Waals surface area contributed by atoms with Gasteiger partial charge in [-0.3, -0.25) is 0 Å². The van der Waals surface area contributed by atoms with Crippen LogP contribution >= 0.6 is 0 Å². The summed E-state index contributed by atoms with van der Waals surface area (Å²) in [4.78, 5) is 0. The van der Waals surface area contributed by atoms with E-state index in [0.717, 1.165) is 13.0 Å². The van der Waals surface area contributed by atoms with Crippen LogP contribution in [-0.4, -0.2) is 25.8 Å². The zero-order valence-corrected chi connectivity index (χ0v) is 14.9. The number of benzene rings is 1. The first-order chi connectivity index (χ1) is 9.79. The molecule has 0 aromatic heterocycles. The van der Waals surface area contributed by atoms with Crippen molar-refractivity contribution in [3.63, 3.8) is 0 Å². The van der Waals surface area contributed by atoms with E-state index in [9.17, 15) is 0 Å². The molecule has 0 aliphatic rings. The lowest BCUT2D eigenvalue weighted by molar-refractivity contribution is -0.0340. The van der Waals surface area contributed by atoms with Crippen molar-refractivity contribution in [1.29, 1.82) is 0 Å². The van der Waals surface area contributed by atoms with Crippen LogP contribution in [0.3, 0.4) is 0 Å². The number of nitrogens with one attached hydrogen (secondary N) is 1. The smallest absolute Gasteiger partial charge is 0.0779 e. The quantitative estimate of drug-likeness (QED) is 0.804. The predicted molar refractivity (Wildman–Crippen MR) is 92.0 cm³/mol. The number of rotatable bonds is 7. The Kier molecular flexibility index (Phi) is 6.89. The summed E-state index contributed by atoms with van der Waals surface area (Å²) in [6, 6.07) is 9.34. The van der Waals surface area contributed by atoms with Crippen LogP contribution in [0.5, 0.6) is 0 Å². The summed E-state index contributed by atoms with van der Waals surface area (Å²) in [5.41, 5.74) is 2.89. The molecule has 2 nitrogen and oxygen atoms in total. The fourth-order valence-electron chi connectivity index (χ4n) is 2.80. The molecule has 1 aromatic carbocycles. The van der Waals surface area contributed by atoms with Gasteiger partial charge in [-0.25, -0.2) is 0 Å². The summed E-state index contributed by atoms with van der Waals surface area (Å²) in [7, 11) is 2.03. The minimum absolute atomic E-state index is 0.127. The monoisotopic (exact) mass is 291 g/mol. The molecule has 120 valence electrons. The largest absolute Gasteiger partial charge is 0.376 e. The van der Waals surface area contributed by atoms with Crippen molar-refractivity contribution in [2.75, 3.05) is 13.7 Å². The Hall–Kier alpha value is -0.860. The second-order valence-corrected chi connectivity index (χ2v) is 7.24. The zero-order chi connectivity index (χ0) is 16.0. The van der Waals surface area contributed by atoms with Crippen molar-refractivity contribution in [3.05, 3.63) is 35.4 Å². The van der Waals surface area contributed by atoms with Crippen LogP contribution in [0.15, 0.2) is 24.3 Å². The van der Waals surface area contributed by atoms with Crippen LogP contribution in [0.2, 0.25) is 0 Å². The molecule has 2 atom stereocenters. The van der Waals surface area contributed by atoms with Crippen LogP contribution in [0, 0.1) is 5.41 Å². The van der Waals surface area contributed by atoms with Gasteiger partial charge in [0.25, 0.3) is 0 Å². The zero-order valence-electron chi connectivity index (χ0n) is 14.9. The third-order valence-corrected chi connectivity index (χ3v) is 4.04. The normalized spacial score (nSPS) is 15.2. The summed E-state index contributed by atoms with van der Waals surface area (Å²) in [6.45, 7) is 14.0. The van der Waals surface area contributed by atoms with Crippen LogP contribution in [-0.2, 0) is 11.2 Å². The molecule has 2 heteroatoms. The first-order valence-corrected chi connectivity index (χ1v) is 8.17. The van der Waals surface area contributed by atoms with Gasteiger partial charge in [0.2, 0.25) is 0 Å². The van der Waals surface area contributed by atoms with E-state index < -0.39 is 0 Å². The molecule has 1 aromatic rings. The second-order valence-electron chi connectivity index (χ2n) is 7.24. The Labute approximate surface area is 131 Å². The summed E-state index contributed by atoms with van der Waals surface area (Å²) < 4.78 is 6.03. The third kappa shape index (κ3) is 5.44. The molecule has 0 spiro atoms. The highest BCUT2D eigenvalue weighted by Gasteiger charge is 2.32. The summed E-state index contributed by atoms with van der Waals surface area (Å²) in [6.07, 6.45) is 1.20. The summed E-state index contributed by atoms with van der Waals surface area (Å²) >= 11 is 0. The fraction of sp³-hybridized carbons (Fsp3) is 0.684. The van der Waals surface area contributed by atoms with Gasteiger partial charge in [-0.05, 0) is 42.9 Å². The van der Waals surface area contributed by atoms with Gasteiger partial charge < -0.3 is 10.1 Å². The summed E-state index contributed by atoms with van der Waals surface area (Å²) in [5, 5.41) is 3.45. The third-order valence-electron chi connectivity index (χ3n) is 4.04. The van der Waals surface area contributed by atoms with Crippen molar-refractivity contribution in [2.45, 2.75) is 66.0 Å². The van der Waals surface area contributed by atoms with E-state index in [1.54, 1.807) is 0 Å². The SMILES string of the molecule is CCOC(C(Cc1ccc(C(C)C)cc1)NC)C(C)(C)C. The Bertz CT molecular complexity index is 403. The number of likely N-dealkylation sites (N-methyl/N-ethyl adjacent to an activating group) is 1. The van der Waals surface area contributed by atoms with Crippen LogP contribution in [0.25, 0.3) is 0 Å². The van der Waals surface area contributed by atoms with Gasteiger partial charge in [0.15, 0.2) is 0 Å². The average molecular weight is 291 g/mol. The first-order valence-electron chi connectivity index (χ1n) is 8.17. The second kappa shape index (κ2) is 7.95. The van der Waals surface area contributed by atoms with Crippen molar-refractivity contribution in [1.82, 2.24) is 5.32 Å². The topological polar surface area (TPSA) is 21.3 Å². The summed E-state index contributed by atoms with van der Waals surface area (Å²) in [5.74, 6) is 0.588. The molecule has 0 heterocycles. The molecule has 1 N–H and O–H groups in total.